The monoisotopic (exact) mass is 218 g/mol. The van der Waals surface area contributed by atoms with Gasteiger partial charge in [-0.15, -0.1) is 0 Å². The second kappa shape index (κ2) is 4.26. The van der Waals surface area contributed by atoms with E-state index < -0.39 is 0 Å². The molecule has 1 aromatic carbocycles. The summed E-state index contributed by atoms with van der Waals surface area (Å²) in [5, 5.41) is 0. The summed E-state index contributed by atoms with van der Waals surface area (Å²) in [4.78, 5) is 14.0. The maximum atomic E-state index is 12.1. The molecule has 0 bridgehead atoms. The topological polar surface area (TPSA) is 46.3 Å². The molecule has 2 N–H and O–H groups in total. The maximum Gasteiger partial charge on any atom is 0.253 e. The Balaban J connectivity index is 2.18. The lowest BCUT2D eigenvalue weighted by Gasteiger charge is -2.16. The lowest BCUT2D eigenvalue weighted by Crippen LogP contribution is -2.31. The van der Waals surface area contributed by atoms with Gasteiger partial charge in [0.05, 0.1) is 0 Å². The van der Waals surface area contributed by atoms with Crippen LogP contribution >= 0.6 is 0 Å². The molecule has 3 heteroatoms. The van der Waals surface area contributed by atoms with Crippen LogP contribution in [-0.2, 0) is 0 Å². The highest BCUT2D eigenvalue weighted by Crippen LogP contribution is 2.15. The Kier molecular flexibility index (Phi) is 2.97. The van der Waals surface area contributed by atoms with Gasteiger partial charge in [-0.25, -0.2) is 0 Å². The van der Waals surface area contributed by atoms with Crippen LogP contribution in [0.15, 0.2) is 18.2 Å². The molecule has 1 fully saturated rings. The second-order valence-electron chi connectivity index (χ2n) is 4.60. The minimum absolute atomic E-state index is 0.107. The van der Waals surface area contributed by atoms with Crippen molar-refractivity contribution in [2.24, 2.45) is 5.73 Å². The van der Waals surface area contributed by atoms with E-state index in [2.05, 4.69) is 6.92 Å². The Labute approximate surface area is 96.2 Å². The smallest absolute Gasteiger partial charge is 0.253 e. The number of hydrogen-bond donors (Lipinski definition) is 1. The number of benzene rings is 1. The molecule has 1 aliphatic rings. The van der Waals surface area contributed by atoms with Gasteiger partial charge in [-0.2, -0.15) is 0 Å². The van der Waals surface area contributed by atoms with Gasteiger partial charge < -0.3 is 10.6 Å². The molecule has 0 spiro atoms. The molecule has 0 saturated carbocycles. The lowest BCUT2D eigenvalue weighted by molar-refractivity contribution is 0.0791. The summed E-state index contributed by atoms with van der Waals surface area (Å²) in [5.41, 5.74) is 8.96. The normalized spacial score (nSPS) is 20.2. The van der Waals surface area contributed by atoms with Crippen molar-refractivity contribution in [2.75, 3.05) is 13.1 Å². The summed E-state index contributed by atoms with van der Waals surface area (Å²) in [6.07, 6.45) is 0.913. The van der Waals surface area contributed by atoms with Gasteiger partial charge in [0, 0.05) is 24.7 Å². The van der Waals surface area contributed by atoms with Crippen molar-refractivity contribution in [1.29, 1.82) is 0 Å². The van der Waals surface area contributed by atoms with Crippen molar-refractivity contribution < 1.29 is 4.79 Å². The fourth-order valence-electron chi connectivity index (χ4n) is 2.03. The van der Waals surface area contributed by atoms with E-state index in [0.29, 0.717) is 6.54 Å². The van der Waals surface area contributed by atoms with Gasteiger partial charge in [0.15, 0.2) is 0 Å². The van der Waals surface area contributed by atoms with E-state index in [1.807, 2.05) is 30.0 Å². The Bertz CT molecular complexity index is 414. The Morgan fingerprint density at radius 1 is 1.38 bits per heavy atom. The molecular formula is C13H18N2O. The molecule has 1 aliphatic heterocycles. The molecule has 1 saturated heterocycles. The number of likely N-dealkylation sites (tertiary alicyclic amines) is 1. The zero-order valence-electron chi connectivity index (χ0n) is 9.86. The van der Waals surface area contributed by atoms with Crippen molar-refractivity contribution in [3.8, 4) is 0 Å². The quantitative estimate of drug-likeness (QED) is 0.776. The number of aryl methyl sites for hydroxylation is 2. The van der Waals surface area contributed by atoms with Crippen molar-refractivity contribution in [3.63, 3.8) is 0 Å². The van der Waals surface area contributed by atoms with E-state index in [0.717, 1.165) is 24.1 Å². The molecule has 2 rings (SSSR count). The number of carbonyl (C=O) groups excluding carboxylic acids is 1. The standard InChI is InChI=1S/C13H18N2O/c1-9-3-4-11(7-10(9)2)13(16)15-6-5-12(14)8-15/h3-4,7,12H,5-6,8,14H2,1-2H3. The van der Waals surface area contributed by atoms with Crippen LogP contribution in [0.2, 0.25) is 0 Å². The third kappa shape index (κ3) is 2.09. The lowest BCUT2D eigenvalue weighted by atomic mass is 10.1. The van der Waals surface area contributed by atoms with Crippen LogP contribution in [0.3, 0.4) is 0 Å². The predicted molar refractivity (Wildman–Crippen MR) is 64.4 cm³/mol. The number of hydrogen-bond acceptors (Lipinski definition) is 2. The van der Waals surface area contributed by atoms with Gasteiger partial charge in [0.25, 0.3) is 5.91 Å². The van der Waals surface area contributed by atoms with E-state index in [4.69, 9.17) is 5.73 Å². The van der Waals surface area contributed by atoms with E-state index in [1.54, 1.807) is 0 Å². The van der Waals surface area contributed by atoms with Crippen molar-refractivity contribution >= 4 is 5.91 Å². The third-order valence-corrected chi connectivity index (χ3v) is 3.27. The van der Waals surface area contributed by atoms with E-state index >= 15 is 0 Å². The zero-order chi connectivity index (χ0) is 11.7. The van der Waals surface area contributed by atoms with Gasteiger partial charge >= 0.3 is 0 Å². The van der Waals surface area contributed by atoms with Crippen molar-refractivity contribution in [3.05, 3.63) is 34.9 Å². The van der Waals surface area contributed by atoms with Crippen molar-refractivity contribution in [2.45, 2.75) is 26.3 Å². The molecular weight excluding hydrogens is 200 g/mol. The fraction of sp³-hybridized carbons (Fsp3) is 0.462. The highest BCUT2D eigenvalue weighted by Gasteiger charge is 2.24. The van der Waals surface area contributed by atoms with Crippen LogP contribution in [-0.4, -0.2) is 29.9 Å². The number of amides is 1. The van der Waals surface area contributed by atoms with Crippen LogP contribution in [0.5, 0.6) is 0 Å². The first-order valence-corrected chi connectivity index (χ1v) is 5.70. The van der Waals surface area contributed by atoms with Crippen LogP contribution in [0, 0.1) is 13.8 Å². The number of rotatable bonds is 1. The van der Waals surface area contributed by atoms with E-state index in [-0.39, 0.29) is 11.9 Å². The summed E-state index contributed by atoms with van der Waals surface area (Å²) in [6.45, 7) is 5.55. The van der Waals surface area contributed by atoms with E-state index in [1.165, 1.54) is 5.56 Å². The molecule has 1 atom stereocenters. The molecule has 1 heterocycles. The minimum atomic E-state index is 0.107. The zero-order valence-corrected chi connectivity index (χ0v) is 9.86. The molecule has 86 valence electrons. The highest BCUT2D eigenvalue weighted by atomic mass is 16.2. The molecule has 0 aromatic heterocycles. The number of nitrogens with zero attached hydrogens (tertiary/aromatic N) is 1. The molecule has 1 amide bonds. The van der Waals surface area contributed by atoms with Gasteiger partial charge in [0.1, 0.15) is 0 Å². The molecule has 1 aromatic rings. The van der Waals surface area contributed by atoms with Crippen LogP contribution in [0.4, 0.5) is 0 Å². The SMILES string of the molecule is Cc1ccc(C(=O)N2CCC(N)C2)cc1C. The summed E-state index contributed by atoms with van der Waals surface area (Å²) >= 11 is 0. The van der Waals surface area contributed by atoms with Crippen LogP contribution in [0.25, 0.3) is 0 Å². The Morgan fingerprint density at radius 2 is 2.12 bits per heavy atom. The maximum absolute atomic E-state index is 12.1. The predicted octanol–water partition coefficient (Wildman–Crippen LogP) is 1.48. The Morgan fingerprint density at radius 3 is 2.69 bits per heavy atom. The van der Waals surface area contributed by atoms with Gasteiger partial charge in [-0.05, 0) is 43.5 Å². The molecule has 3 nitrogen and oxygen atoms in total. The first kappa shape index (κ1) is 11.1. The van der Waals surface area contributed by atoms with Gasteiger partial charge in [-0.1, -0.05) is 6.07 Å². The largest absolute Gasteiger partial charge is 0.337 e. The number of nitrogens with two attached hydrogens (primary N) is 1. The third-order valence-electron chi connectivity index (χ3n) is 3.27. The minimum Gasteiger partial charge on any atom is -0.337 e. The summed E-state index contributed by atoms with van der Waals surface area (Å²) in [5.74, 6) is 0.107. The van der Waals surface area contributed by atoms with Gasteiger partial charge in [-0.3, -0.25) is 4.79 Å². The molecule has 16 heavy (non-hydrogen) atoms. The molecule has 1 unspecified atom stereocenters. The molecule has 0 aliphatic carbocycles. The van der Waals surface area contributed by atoms with Crippen molar-refractivity contribution in [1.82, 2.24) is 4.90 Å². The number of carbonyl (C=O) groups is 1. The average molecular weight is 218 g/mol. The fourth-order valence-corrected chi connectivity index (χ4v) is 2.03. The average Bonchev–Trinajstić information content (AvgIpc) is 2.68. The first-order valence-electron chi connectivity index (χ1n) is 5.70. The Hall–Kier alpha value is -1.35. The van der Waals surface area contributed by atoms with Gasteiger partial charge in [0.2, 0.25) is 0 Å². The van der Waals surface area contributed by atoms with Crippen LogP contribution < -0.4 is 5.73 Å². The second-order valence-corrected chi connectivity index (χ2v) is 4.60. The van der Waals surface area contributed by atoms with E-state index in [9.17, 15) is 4.79 Å². The summed E-state index contributed by atoms with van der Waals surface area (Å²) < 4.78 is 0. The summed E-state index contributed by atoms with van der Waals surface area (Å²) in [6, 6.07) is 6.00. The molecule has 0 radical (unpaired) electrons. The summed E-state index contributed by atoms with van der Waals surface area (Å²) in [7, 11) is 0. The highest BCUT2D eigenvalue weighted by molar-refractivity contribution is 5.94. The first-order chi connectivity index (χ1) is 7.58. The van der Waals surface area contributed by atoms with Crippen LogP contribution in [0.1, 0.15) is 27.9 Å².